The Kier molecular flexibility index (Phi) is 6.05. The molecule has 0 saturated carbocycles. The summed E-state index contributed by atoms with van der Waals surface area (Å²) in [6.07, 6.45) is 0. The van der Waals surface area contributed by atoms with E-state index in [2.05, 4.69) is 0 Å². The van der Waals surface area contributed by atoms with Gasteiger partial charge in [0.2, 0.25) is 10.0 Å². The number of hydrogen-bond acceptors (Lipinski definition) is 7. The van der Waals surface area contributed by atoms with E-state index in [1.165, 1.54) is 10.4 Å². The molecule has 1 aromatic heterocycles. The Morgan fingerprint density at radius 3 is 2.52 bits per heavy atom. The van der Waals surface area contributed by atoms with Gasteiger partial charge in [-0.25, -0.2) is 13.2 Å². The smallest absolute Gasteiger partial charge is 0.348 e. The van der Waals surface area contributed by atoms with Crippen LogP contribution in [0.4, 0.5) is 0 Å². The number of sulfonamides is 1. The van der Waals surface area contributed by atoms with Crippen molar-refractivity contribution in [2.75, 3.05) is 32.9 Å². The van der Waals surface area contributed by atoms with Gasteiger partial charge in [-0.1, -0.05) is 30.3 Å². The molecule has 1 saturated heterocycles. The Bertz CT molecular complexity index is 930. The molecule has 3 rings (SSSR count). The quantitative estimate of drug-likeness (QED) is 0.536. The van der Waals surface area contributed by atoms with Gasteiger partial charge in [0.1, 0.15) is 4.88 Å². The number of nitrogens with zero attached hydrogens (tertiary/aromatic N) is 1. The average molecular weight is 409 g/mol. The molecule has 1 aromatic carbocycles. The monoisotopic (exact) mass is 409 g/mol. The molecule has 0 aliphatic carbocycles. The molecule has 0 spiro atoms. The van der Waals surface area contributed by atoms with Crippen LogP contribution < -0.4 is 0 Å². The number of rotatable bonds is 6. The first kappa shape index (κ1) is 19.7. The van der Waals surface area contributed by atoms with Crippen LogP contribution in [0.1, 0.15) is 24.9 Å². The van der Waals surface area contributed by atoms with Crippen LogP contribution in [-0.4, -0.2) is 57.4 Å². The fraction of sp³-hybridized carbons (Fsp3) is 0.333. The second-order valence-corrected chi connectivity index (χ2v) is 9.08. The number of morpholine rings is 1. The van der Waals surface area contributed by atoms with E-state index in [4.69, 9.17) is 9.47 Å². The van der Waals surface area contributed by atoms with Crippen molar-refractivity contribution in [2.45, 2.75) is 11.8 Å². The van der Waals surface area contributed by atoms with E-state index in [1.807, 2.05) is 0 Å². The summed E-state index contributed by atoms with van der Waals surface area (Å²) in [5.41, 5.74) is 0.447. The Morgan fingerprint density at radius 2 is 1.85 bits per heavy atom. The highest BCUT2D eigenvalue weighted by molar-refractivity contribution is 7.89. The molecule has 1 aliphatic rings. The standard InChI is InChI=1S/C18H19NO6S2/c1-13-17(27(22,23)19-7-9-24-10-8-19)11-16(26-13)18(21)25-12-15(20)14-5-3-2-4-6-14/h2-6,11H,7-10,12H2,1H3. The number of ketones is 1. The molecular formula is C18H19NO6S2. The van der Waals surface area contributed by atoms with Crippen molar-refractivity contribution in [1.82, 2.24) is 4.31 Å². The molecule has 2 aromatic rings. The predicted octanol–water partition coefficient (Wildman–Crippen LogP) is 2.12. The summed E-state index contributed by atoms with van der Waals surface area (Å²) in [7, 11) is -3.69. The van der Waals surface area contributed by atoms with Gasteiger partial charge < -0.3 is 9.47 Å². The predicted molar refractivity (Wildman–Crippen MR) is 99.7 cm³/mol. The zero-order valence-corrected chi connectivity index (χ0v) is 16.3. The number of hydrogen-bond donors (Lipinski definition) is 0. The molecule has 0 N–H and O–H groups in total. The maximum Gasteiger partial charge on any atom is 0.348 e. The fourth-order valence-corrected chi connectivity index (χ4v) is 5.52. The van der Waals surface area contributed by atoms with Crippen molar-refractivity contribution in [2.24, 2.45) is 0 Å². The van der Waals surface area contributed by atoms with Gasteiger partial charge in [-0.3, -0.25) is 4.79 Å². The summed E-state index contributed by atoms with van der Waals surface area (Å²) in [5.74, 6) is -1.03. The van der Waals surface area contributed by atoms with Gasteiger partial charge in [0.15, 0.2) is 12.4 Å². The first-order chi connectivity index (χ1) is 12.9. The number of benzene rings is 1. The van der Waals surface area contributed by atoms with Crippen LogP contribution >= 0.6 is 11.3 Å². The van der Waals surface area contributed by atoms with Crippen LogP contribution in [0.2, 0.25) is 0 Å². The number of ether oxygens (including phenoxy) is 2. The summed E-state index contributed by atoms with van der Waals surface area (Å²) < 4.78 is 37.1. The number of carbonyl (C=O) groups is 2. The van der Waals surface area contributed by atoms with E-state index in [9.17, 15) is 18.0 Å². The molecule has 1 fully saturated rings. The summed E-state index contributed by atoms with van der Waals surface area (Å²) in [5, 5.41) is 0. The summed E-state index contributed by atoms with van der Waals surface area (Å²) in [6, 6.07) is 9.83. The van der Waals surface area contributed by atoms with Crippen LogP contribution in [0.5, 0.6) is 0 Å². The molecule has 9 heteroatoms. The van der Waals surface area contributed by atoms with E-state index in [0.717, 1.165) is 11.3 Å². The van der Waals surface area contributed by atoms with E-state index >= 15 is 0 Å². The number of thiophene rings is 1. The third kappa shape index (κ3) is 4.44. The minimum Gasteiger partial charge on any atom is -0.453 e. The topological polar surface area (TPSA) is 90.0 Å². The minimum absolute atomic E-state index is 0.0933. The Morgan fingerprint density at radius 1 is 1.19 bits per heavy atom. The van der Waals surface area contributed by atoms with E-state index in [0.29, 0.717) is 23.7 Å². The molecule has 0 unspecified atom stereocenters. The zero-order valence-electron chi connectivity index (χ0n) is 14.7. The second kappa shape index (κ2) is 8.30. The van der Waals surface area contributed by atoms with Crippen LogP contribution in [0.3, 0.4) is 0 Å². The van der Waals surface area contributed by atoms with Crippen molar-refractivity contribution >= 4 is 33.1 Å². The summed E-state index contributed by atoms with van der Waals surface area (Å²) >= 11 is 1.04. The zero-order chi connectivity index (χ0) is 19.4. The lowest BCUT2D eigenvalue weighted by Gasteiger charge is -2.25. The maximum absolute atomic E-state index is 12.8. The normalized spacial score (nSPS) is 15.4. The molecule has 1 aliphatic heterocycles. The average Bonchev–Trinajstić information content (AvgIpc) is 3.10. The molecule has 2 heterocycles. The Labute approximate surface area is 161 Å². The van der Waals surface area contributed by atoms with Crippen molar-refractivity contribution in [1.29, 1.82) is 0 Å². The Hall–Kier alpha value is -2.07. The van der Waals surface area contributed by atoms with E-state index in [-0.39, 0.29) is 28.6 Å². The third-order valence-corrected chi connectivity index (χ3v) is 7.28. The van der Waals surface area contributed by atoms with E-state index < -0.39 is 22.6 Å². The van der Waals surface area contributed by atoms with Gasteiger partial charge >= 0.3 is 5.97 Å². The Balaban J connectivity index is 1.70. The summed E-state index contributed by atoms with van der Waals surface area (Å²) in [4.78, 5) is 25.0. The largest absolute Gasteiger partial charge is 0.453 e. The molecular weight excluding hydrogens is 390 g/mol. The summed E-state index contributed by atoms with van der Waals surface area (Å²) in [6.45, 7) is 2.50. The van der Waals surface area contributed by atoms with Crippen molar-refractivity contribution in [3.8, 4) is 0 Å². The number of Topliss-reactive ketones (excluding diaryl/α,β-unsaturated/α-hetero) is 1. The lowest BCUT2D eigenvalue weighted by molar-refractivity contribution is 0.0479. The first-order valence-corrected chi connectivity index (χ1v) is 10.6. The lowest BCUT2D eigenvalue weighted by atomic mass is 10.1. The van der Waals surface area contributed by atoms with Crippen LogP contribution in [-0.2, 0) is 19.5 Å². The highest BCUT2D eigenvalue weighted by Gasteiger charge is 2.30. The number of esters is 1. The SMILES string of the molecule is Cc1sc(C(=O)OCC(=O)c2ccccc2)cc1S(=O)(=O)N1CCOCC1. The maximum atomic E-state index is 12.8. The van der Waals surface area contributed by atoms with Gasteiger partial charge in [-0.2, -0.15) is 4.31 Å². The number of aryl methyl sites for hydroxylation is 1. The van der Waals surface area contributed by atoms with Gasteiger partial charge in [-0.15, -0.1) is 11.3 Å². The first-order valence-electron chi connectivity index (χ1n) is 8.33. The molecule has 0 atom stereocenters. The molecule has 27 heavy (non-hydrogen) atoms. The number of carbonyl (C=O) groups excluding carboxylic acids is 2. The van der Waals surface area contributed by atoms with Crippen molar-refractivity contribution in [3.05, 3.63) is 51.7 Å². The fourth-order valence-electron chi connectivity index (χ4n) is 2.66. The molecule has 0 amide bonds. The van der Waals surface area contributed by atoms with Crippen LogP contribution in [0.15, 0.2) is 41.3 Å². The molecule has 144 valence electrons. The van der Waals surface area contributed by atoms with Gasteiger partial charge in [0, 0.05) is 23.5 Å². The highest BCUT2D eigenvalue weighted by atomic mass is 32.2. The van der Waals surface area contributed by atoms with E-state index in [1.54, 1.807) is 37.3 Å². The molecule has 0 radical (unpaired) electrons. The van der Waals surface area contributed by atoms with Gasteiger partial charge in [0.05, 0.1) is 18.1 Å². The van der Waals surface area contributed by atoms with Gasteiger partial charge in [-0.05, 0) is 13.0 Å². The second-order valence-electron chi connectivity index (χ2n) is 5.91. The minimum atomic E-state index is -3.69. The molecule has 7 nitrogen and oxygen atoms in total. The molecule has 0 bridgehead atoms. The van der Waals surface area contributed by atoms with Crippen LogP contribution in [0.25, 0.3) is 0 Å². The highest BCUT2D eigenvalue weighted by Crippen LogP contribution is 2.29. The van der Waals surface area contributed by atoms with Gasteiger partial charge in [0.25, 0.3) is 0 Å². The van der Waals surface area contributed by atoms with Crippen molar-refractivity contribution < 1.29 is 27.5 Å². The lowest BCUT2D eigenvalue weighted by Crippen LogP contribution is -2.40. The van der Waals surface area contributed by atoms with Crippen molar-refractivity contribution in [3.63, 3.8) is 0 Å². The third-order valence-electron chi connectivity index (χ3n) is 4.09. The van der Waals surface area contributed by atoms with Crippen LogP contribution in [0, 0.1) is 6.92 Å².